The third kappa shape index (κ3) is 3.27. The average Bonchev–Trinajstić information content (AvgIpc) is 2.20. The van der Waals surface area contributed by atoms with Crippen LogP contribution in [0.5, 0.6) is 5.75 Å². The highest BCUT2D eigenvalue weighted by Gasteiger charge is 2.11. The van der Waals surface area contributed by atoms with Gasteiger partial charge in [0.25, 0.3) is 5.91 Å². The lowest BCUT2D eigenvalue weighted by Gasteiger charge is -2.16. The lowest BCUT2D eigenvalue weighted by molar-refractivity contribution is -0.157. The summed E-state index contributed by atoms with van der Waals surface area (Å²) in [4.78, 5) is 16.1. The SMILES string of the molecule is CCC(=O)N(N)Oc1ccc(Cl)cc1Cl. The highest BCUT2D eigenvalue weighted by atomic mass is 35.5. The van der Waals surface area contributed by atoms with Gasteiger partial charge in [-0.3, -0.25) is 4.79 Å². The van der Waals surface area contributed by atoms with Crippen LogP contribution in [0.3, 0.4) is 0 Å². The van der Waals surface area contributed by atoms with Crippen LogP contribution < -0.4 is 10.7 Å². The summed E-state index contributed by atoms with van der Waals surface area (Å²) in [6.07, 6.45) is 0.252. The minimum absolute atomic E-state index is 0.252. The smallest absolute Gasteiger partial charge is 0.272 e. The van der Waals surface area contributed by atoms with E-state index in [1.807, 2.05) is 0 Å². The number of hydrogen-bond acceptors (Lipinski definition) is 3. The molecule has 2 N–H and O–H groups in total. The molecule has 0 saturated heterocycles. The third-order valence-corrected chi connectivity index (χ3v) is 2.17. The molecule has 0 aliphatic carbocycles. The number of amides is 1. The Labute approximate surface area is 97.4 Å². The number of rotatable bonds is 3. The number of nitrogens with two attached hydrogens (primary N) is 1. The Balaban J connectivity index is 2.76. The predicted octanol–water partition coefficient (Wildman–Crippen LogP) is 2.40. The number of nitrogens with zero attached hydrogens (tertiary/aromatic N) is 1. The zero-order valence-electron chi connectivity index (χ0n) is 8.04. The summed E-state index contributed by atoms with van der Waals surface area (Å²) in [5.41, 5.74) is 0. The molecule has 1 aromatic rings. The van der Waals surface area contributed by atoms with Gasteiger partial charge >= 0.3 is 0 Å². The second-order valence-corrected chi connectivity index (χ2v) is 3.58. The van der Waals surface area contributed by atoms with Gasteiger partial charge in [-0.1, -0.05) is 30.1 Å². The van der Waals surface area contributed by atoms with Crippen molar-refractivity contribution in [3.05, 3.63) is 28.2 Å². The number of hydrazine groups is 1. The highest BCUT2D eigenvalue weighted by Crippen LogP contribution is 2.27. The number of halogens is 2. The van der Waals surface area contributed by atoms with Gasteiger partial charge in [0, 0.05) is 11.4 Å². The monoisotopic (exact) mass is 248 g/mol. The molecule has 6 heteroatoms. The van der Waals surface area contributed by atoms with Crippen LogP contribution >= 0.6 is 23.2 Å². The molecule has 0 radical (unpaired) electrons. The standard InChI is InChI=1S/C9H10Cl2N2O2/c1-2-9(14)13(12)15-8-4-3-6(10)5-7(8)11/h3-5H,2,12H2,1H3. The minimum atomic E-state index is -0.346. The second-order valence-electron chi connectivity index (χ2n) is 2.74. The minimum Gasteiger partial charge on any atom is -0.360 e. The highest BCUT2D eigenvalue weighted by molar-refractivity contribution is 6.35. The first kappa shape index (κ1) is 12.1. The molecular formula is C9H10Cl2N2O2. The van der Waals surface area contributed by atoms with Crippen LogP contribution in [-0.4, -0.2) is 11.1 Å². The molecule has 0 saturated carbocycles. The van der Waals surface area contributed by atoms with Crippen LogP contribution in [0.1, 0.15) is 13.3 Å². The van der Waals surface area contributed by atoms with Crippen molar-refractivity contribution in [2.45, 2.75) is 13.3 Å². The molecular weight excluding hydrogens is 239 g/mol. The maximum absolute atomic E-state index is 11.1. The summed E-state index contributed by atoms with van der Waals surface area (Å²) < 4.78 is 0. The number of carbonyl (C=O) groups excluding carboxylic acids is 1. The number of hydrogen-bond donors (Lipinski definition) is 1. The van der Waals surface area contributed by atoms with Gasteiger partial charge in [-0.25, -0.2) is 5.84 Å². The number of benzene rings is 1. The van der Waals surface area contributed by atoms with Gasteiger partial charge in [0.2, 0.25) is 0 Å². The molecule has 0 aromatic heterocycles. The van der Waals surface area contributed by atoms with E-state index in [0.717, 1.165) is 0 Å². The molecule has 0 unspecified atom stereocenters. The topological polar surface area (TPSA) is 55.6 Å². The average molecular weight is 249 g/mol. The fourth-order valence-electron chi connectivity index (χ4n) is 0.862. The lowest BCUT2D eigenvalue weighted by Crippen LogP contribution is -2.39. The molecule has 0 atom stereocenters. The van der Waals surface area contributed by atoms with Gasteiger partial charge in [0.05, 0.1) is 5.02 Å². The van der Waals surface area contributed by atoms with Crippen molar-refractivity contribution in [2.75, 3.05) is 0 Å². The zero-order chi connectivity index (χ0) is 11.4. The van der Waals surface area contributed by atoms with Gasteiger partial charge in [0.15, 0.2) is 5.75 Å². The molecule has 1 rings (SSSR count). The number of hydroxylamine groups is 1. The molecule has 0 aliphatic rings. The van der Waals surface area contributed by atoms with Crippen molar-refractivity contribution < 1.29 is 9.63 Å². The van der Waals surface area contributed by atoms with E-state index in [-0.39, 0.29) is 18.1 Å². The summed E-state index contributed by atoms with van der Waals surface area (Å²) in [6.45, 7) is 1.68. The maximum atomic E-state index is 11.1. The predicted molar refractivity (Wildman–Crippen MR) is 58.4 cm³/mol. The van der Waals surface area contributed by atoms with E-state index < -0.39 is 0 Å². The number of carbonyl (C=O) groups is 1. The Kier molecular flexibility index (Phi) is 4.20. The van der Waals surface area contributed by atoms with Crippen molar-refractivity contribution in [2.24, 2.45) is 5.84 Å². The zero-order valence-corrected chi connectivity index (χ0v) is 9.55. The molecule has 0 aliphatic heterocycles. The van der Waals surface area contributed by atoms with Crippen molar-refractivity contribution in [1.82, 2.24) is 5.17 Å². The molecule has 0 heterocycles. The first-order valence-electron chi connectivity index (χ1n) is 4.25. The lowest BCUT2D eigenvalue weighted by atomic mass is 10.3. The van der Waals surface area contributed by atoms with E-state index in [0.29, 0.717) is 15.2 Å². The van der Waals surface area contributed by atoms with Crippen LogP contribution in [0, 0.1) is 0 Å². The Morgan fingerprint density at radius 1 is 1.53 bits per heavy atom. The summed E-state index contributed by atoms with van der Waals surface area (Å²) in [5, 5.41) is 1.43. The first-order valence-corrected chi connectivity index (χ1v) is 5.01. The van der Waals surface area contributed by atoms with E-state index in [9.17, 15) is 4.79 Å². The second kappa shape index (κ2) is 5.21. The van der Waals surface area contributed by atoms with E-state index >= 15 is 0 Å². The van der Waals surface area contributed by atoms with Crippen molar-refractivity contribution in [3.63, 3.8) is 0 Å². The van der Waals surface area contributed by atoms with E-state index in [1.165, 1.54) is 12.1 Å². The van der Waals surface area contributed by atoms with Gasteiger partial charge < -0.3 is 4.84 Å². The normalized spacial score (nSPS) is 9.87. The maximum Gasteiger partial charge on any atom is 0.272 e. The van der Waals surface area contributed by atoms with Crippen molar-refractivity contribution >= 4 is 29.1 Å². The fraction of sp³-hybridized carbons (Fsp3) is 0.222. The molecule has 4 nitrogen and oxygen atoms in total. The quantitative estimate of drug-likeness (QED) is 0.508. The van der Waals surface area contributed by atoms with Crippen LogP contribution in [0.25, 0.3) is 0 Å². The summed E-state index contributed by atoms with van der Waals surface area (Å²) in [7, 11) is 0. The van der Waals surface area contributed by atoms with E-state index in [4.69, 9.17) is 33.9 Å². The Bertz CT molecular complexity index is 371. The third-order valence-electron chi connectivity index (χ3n) is 1.64. The van der Waals surface area contributed by atoms with Gasteiger partial charge in [-0.2, -0.15) is 0 Å². The van der Waals surface area contributed by atoms with Crippen molar-refractivity contribution in [3.8, 4) is 5.75 Å². The molecule has 1 amide bonds. The van der Waals surface area contributed by atoms with Gasteiger partial charge in [-0.15, -0.1) is 5.17 Å². The molecule has 1 aromatic carbocycles. The Morgan fingerprint density at radius 2 is 2.20 bits per heavy atom. The van der Waals surface area contributed by atoms with Crippen molar-refractivity contribution in [1.29, 1.82) is 0 Å². The van der Waals surface area contributed by atoms with Crippen LogP contribution in [0.4, 0.5) is 0 Å². The van der Waals surface area contributed by atoms with E-state index in [1.54, 1.807) is 13.0 Å². The summed E-state index contributed by atoms with van der Waals surface area (Å²) in [6, 6.07) is 4.63. The Morgan fingerprint density at radius 3 is 2.73 bits per heavy atom. The van der Waals surface area contributed by atoms with E-state index in [2.05, 4.69) is 0 Å². The van der Waals surface area contributed by atoms with Crippen LogP contribution in [0.2, 0.25) is 10.0 Å². The van der Waals surface area contributed by atoms with Gasteiger partial charge in [0.1, 0.15) is 0 Å². The molecule has 0 bridgehead atoms. The largest absolute Gasteiger partial charge is 0.360 e. The van der Waals surface area contributed by atoms with Gasteiger partial charge in [-0.05, 0) is 18.2 Å². The fourth-order valence-corrected chi connectivity index (χ4v) is 1.30. The summed E-state index contributed by atoms with van der Waals surface area (Å²) >= 11 is 11.5. The first-order chi connectivity index (χ1) is 7.04. The molecule has 15 heavy (non-hydrogen) atoms. The van der Waals surface area contributed by atoms with Crippen LogP contribution in [0.15, 0.2) is 18.2 Å². The molecule has 0 fully saturated rings. The summed E-state index contributed by atoms with van der Waals surface area (Å²) in [5.74, 6) is 5.27. The molecule has 82 valence electrons. The van der Waals surface area contributed by atoms with Crippen LogP contribution in [-0.2, 0) is 4.79 Å². The molecule has 0 spiro atoms. The Hall–Kier alpha value is -0.970.